The lowest BCUT2D eigenvalue weighted by atomic mass is 9.84. The average molecular weight is 624 g/mol. The zero-order valence-electron chi connectivity index (χ0n) is 23.9. The second-order valence-corrected chi connectivity index (χ2v) is 13.4. The van der Waals surface area contributed by atoms with Gasteiger partial charge in [-0.05, 0) is 78.0 Å². The van der Waals surface area contributed by atoms with Gasteiger partial charge in [0.15, 0.2) is 0 Å². The second-order valence-electron chi connectivity index (χ2n) is 11.2. The van der Waals surface area contributed by atoms with Crippen LogP contribution in [0.3, 0.4) is 0 Å². The van der Waals surface area contributed by atoms with Crippen LogP contribution < -0.4 is 0 Å². The zero-order valence-corrected chi connectivity index (χ0v) is 26.3. The van der Waals surface area contributed by atoms with Gasteiger partial charge in [-0.1, -0.05) is 77.8 Å². The maximum atomic E-state index is 13.6. The number of benzene rings is 4. The van der Waals surface area contributed by atoms with E-state index >= 15 is 0 Å². The topological polar surface area (TPSA) is 60.9 Å². The van der Waals surface area contributed by atoms with Crippen LogP contribution in [-0.4, -0.2) is 64.5 Å². The van der Waals surface area contributed by atoms with Crippen LogP contribution in [0, 0.1) is 0 Å². The van der Waals surface area contributed by atoms with E-state index in [4.69, 9.17) is 23.2 Å². The molecule has 42 heavy (non-hydrogen) atoms. The summed E-state index contributed by atoms with van der Waals surface area (Å²) in [5, 5.41) is 14.4. The molecule has 1 amide bonds. The highest BCUT2D eigenvalue weighted by Gasteiger charge is 2.34. The smallest absolute Gasteiger partial charge is 0.254 e. The van der Waals surface area contributed by atoms with Gasteiger partial charge in [0.25, 0.3) is 5.91 Å². The summed E-state index contributed by atoms with van der Waals surface area (Å²) in [4.78, 5) is 18.6. The van der Waals surface area contributed by atoms with Crippen molar-refractivity contribution >= 4 is 50.7 Å². The van der Waals surface area contributed by atoms with Crippen molar-refractivity contribution in [3.63, 3.8) is 0 Å². The molecule has 1 aliphatic rings. The first kappa shape index (κ1) is 30.7. The number of likely N-dealkylation sites (tertiary alicyclic amines) is 1. The lowest BCUT2D eigenvalue weighted by Crippen LogP contribution is -2.43. The average Bonchev–Trinajstić information content (AvgIpc) is 3.00. The third kappa shape index (κ3) is 6.90. The fourth-order valence-corrected chi connectivity index (χ4v) is 6.72. The number of hydrogen-bond acceptors (Lipinski definition) is 4. The number of rotatable bonds is 9. The number of carbonyl (C=O) groups excluding carboxylic acids is 1. The van der Waals surface area contributed by atoms with Crippen LogP contribution in [0.25, 0.3) is 10.8 Å². The van der Waals surface area contributed by atoms with E-state index in [1.165, 1.54) is 0 Å². The number of hydrogen-bond donors (Lipinski definition) is 1. The van der Waals surface area contributed by atoms with Crippen LogP contribution in [0.15, 0.2) is 89.8 Å². The Labute approximate surface area is 260 Å². The molecule has 8 heteroatoms. The van der Waals surface area contributed by atoms with Crippen molar-refractivity contribution in [2.24, 2.45) is 0 Å². The Morgan fingerprint density at radius 1 is 0.976 bits per heavy atom. The molecule has 4 aromatic rings. The van der Waals surface area contributed by atoms with Gasteiger partial charge in [0.05, 0.1) is 15.6 Å². The quantitative estimate of drug-likeness (QED) is 0.216. The predicted molar refractivity (Wildman–Crippen MR) is 173 cm³/mol. The molecule has 1 saturated heterocycles. The van der Waals surface area contributed by atoms with Gasteiger partial charge in [-0.25, -0.2) is 0 Å². The first-order valence-electron chi connectivity index (χ1n) is 14.2. The highest BCUT2D eigenvalue weighted by atomic mass is 35.5. The van der Waals surface area contributed by atoms with Crippen molar-refractivity contribution < 1.29 is 14.1 Å². The molecule has 5 nitrogen and oxygen atoms in total. The minimum absolute atomic E-state index is 0.0159. The van der Waals surface area contributed by atoms with Crippen molar-refractivity contribution in [2.75, 3.05) is 39.5 Å². The largest absolute Gasteiger partial charge is 0.385 e. The van der Waals surface area contributed by atoms with E-state index < -0.39 is 16.4 Å². The first-order valence-corrected chi connectivity index (χ1v) is 16.5. The SMILES string of the molecule is CN(C[C@@H](CCN1CCC(O)(c2ccc(S(C)=O)cc2)CC1)c1ccc(Cl)c(Cl)c1)C(=O)c1cccc2ccccc12. The minimum atomic E-state index is -1.04. The maximum Gasteiger partial charge on any atom is 0.254 e. The summed E-state index contributed by atoms with van der Waals surface area (Å²) >= 11 is 12.6. The van der Waals surface area contributed by atoms with Crippen LogP contribution in [0.2, 0.25) is 10.0 Å². The second kappa shape index (κ2) is 13.3. The molecule has 0 aromatic heterocycles. The molecule has 1 aliphatic heterocycles. The Hall–Kier alpha value is -2.74. The van der Waals surface area contributed by atoms with Crippen molar-refractivity contribution in [1.82, 2.24) is 9.80 Å². The van der Waals surface area contributed by atoms with Crippen LogP contribution >= 0.6 is 23.2 Å². The molecular weight excluding hydrogens is 587 g/mol. The molecule has 0 aliphatic carbocycles. The Balaban J connectivity index is 1.27. The fourth-order valence-electron chi connectivity index (χ4n) is 5.89. The number of nitrogens with zero attached hydrogens (tertiary/aromatic N) is 2. The van der Waals surface area contributed by atoms with Gasteiger partial charge >= 0.3 is 0 Å². The number of halogens is 2. The summed E-state index contributed by atoms with van der Waals surface area (Å²) in [6.45, 7) is 2.88. The Morgan fingerprint density at radius 2 is 1.67 bits per heavy atom. The molecule has 4 aromatic carbocycles. The highest BCUT2D eigenvalue weighted by molar-refractivity contribution is 7.84. The number of likely N-dealkylation sites (N-methyl/N-ethyl adjacent to an activating group) is 1. The standard InChI is InChI=1S/C34H36Cl2N2O3S/c1-37(33(39)30-9-5-7-24-6-3-4-8-29(24)30)23-26(25-10-15-31(35)32(36)22-25)16-19-38-20-17-34(40,18-21-38)27-11-13-28(14-12-27)42(2)41/h3-15,22,26,40H,16-21,23H2,1-2H3/t26-,42?/m1/s1. The summed E-state index contributed by atoms with van der Waals surface area (Å²) in [5.74, 6) is 0.0322. The summed E-state index contributed by atoms with van der Waals surface area (Å²) in [6, 6.07) is 27.0. The normalized spacial score (nSPS) is 16.7. The maximum absolute atomic E-state index is 13.6. The molecule has 0 bridgehead atoms. The molecule has 0 spiro atoms. The van der Waals surface area contributed by atoms with Crippen molar-refractivity contribution in [1.29, 1.82) is 0 Å². The number of aliphatic hydroxyl groups is 1. The van der Waals surface area contributed by atoms with E-state index in [0.717, 1.165) is 52.8 Å². The molecule has 220 valence electrons. The number of piperidine rings is 1. The lowest BCUT2D eigenvalue weighted by molar-refractivity contribution is -0.0264. The third-order valence-corrected chi connectivity index (χ3v) is 10.2. The predicted octanol–water partition coefficient (Wildman–Crippen LogP) is 7.11. The lowest BCUT2D eigenvalue weighted by Gasteiger charge is -2.39. The molecule has 1 fully saturated rings. The van der Waals surface area contributed by atoms with E-state index in [9.17, 15) is 14.1 Å². The fraction of sp³-hybridized carbons (Fsp3) is 0.324. The van der Waals surface area contributed by atoms with Crippen LogP contribution in [0.4, 0.5) is 0 Å². The molecular formula is C34H36Cl2N2O3S. The number of carbonyl (C=O) groups is 1. The van der Waals surface area contributed by atoms with E-state index in [1.807, 2.05) is 92.0 Å². The molecule has 1 N–H and O–H groups in total. The van der Waals surface area contributed by atoms with Gasteiger partial charge in [0, 0.05) is 60.1 Å². The molecule has 0 radical (unpaired) electrons. The number of fused-ring (bicyclic) bond motifs is 1. The molecule has 5 rings (SSSR count). The summed E-state index contributed by atoms with van der Waals surface area (Å²) in [7, 11) is 0.814. The minimum Gasteiger partial charge on any atom is -0.385 e. The third-order valence-electron chi connectivity index (χ3n) is 8.48. The molecule has 1 unspecified atom stereocenters. The summed E-state index contributed by atoms with van der Waals surface area (Å²) in [5.41, 5.74) is 1.72. The van der Waals surface area contributed by atoms with Crippen LogP contribution in [0.5, 0.6) is 0 Å². The van der Waals surface area contributed by atoms with Crippen molar-refractivity contribution in [2.45, 2.75) is 35.7 Å². The van der Waals surface area contributed by atoms with Gasteiger partial charge in [-0.3, -0.25) is 9.00 Å². The Morgan fingerprint density at radius 3 is 2.36 bits per heavy atom. The van der Waals surface area contributed by atoms with E-state index in [1.54, 1.807) is 11.2 Å². The van der Waals surface area contributed by atoms with Crippen LogP contribution in [0.1, 0.15) is 46.7 Å². The Bertz CT molecular complexity index is 1580. The van der Waals surface area contributed by atoms with Gasteiger partial charge < -0.3 is 14.9 Å². The highest BCUT2D eigenvalue weighted by Crippen LogP contribution is 2.34. The van der Waals surface area contributed by atoms with Gasteiger partial charge in [-0.2, -0.15) is 0 Å². The molecule has 0 saturated carbocycles. The summed E-state index contributed by atoms with van der Waals surface area (Å²) in [6.07, 6.45) is 3.72. The summed E-state index contributed by atoms with van der Waals surface area (Å²) < 4.78 is 11.8. The van der Waals surface area contributed by atoms with Gasteiger partial charge in [-0.15, -0.1) is 0 Å². The molecule has 1 heterocycles. The van der Waals surface area contributed by atoms with Crippen molar-refractivity contribution in [3.8, 4) is 0 Å². The Kier molecular flexibility index (Phi) is 9.70. The van der Waals surface area contributed by atoms with Gasteiger partial charge in [0.2, 0.25) is 0 Å². The molecule has 2 atom stereocenters. The van der Waals surface area contributed by atoms with Crippen LogP contribution in [-0.2, 0) is 16.4 Å². The van der Waals surface area contributed by atoms with E-state index in [0.29, 0.717) is 35.0 Å². The van der Waals surface area contributed by atoms with E-state index in [2.05, 4.69) is 4.90 Å². The number of amides is 1. The van der Waals surface area contributed by atoms with Gasteiger partial charge in [0.1, 0.15) is 0 Å². The first-order chi connectivity index (χ1) is 20.1. The van der Waals surface area contributed by atoms with E-state index in [-0.39, 0.29) is 11.8 Å². The monoisotopic (exact) mass is 622 g/mol. The van der Waals surface area contributed by atoms with Crippen molar-refractivity contribution in [3.05, 3.63) is 112 Å². The zero-order chi connectivity index (χ0) is 29.9.